The van der Waals surface area contributed by atoms with E-state index in [4.69, 9.17) is 10.2 Å². The zero-order valence-electron chi connectivity index (χ0n) is 10.8. The first kappa shape index (κ1) is 13.2. The molecule has 0 aliphatic rings. The second-order valence-electron chi connectivity index (χ2n) is 4.45. The molecule has 4 nitrogen and oxygen atoms in total. The van der Waals surface area contributed by atoms with E-state index in [1.807, 2.05) is 30.3 Å². The molecule has 1 heterocycles. The summed E-state index contributed by atoms with van der Waals surface area (Å²) in [4.78, 5) is 11.6. The molecule has 0 atom stereocenters. The second kappa shape index (κ2) is 6.64. The molecular weight excluding hydrogens is 240 g/mol. The van der Waals surface area contributed by atoms with Gasteiger partial charge in [-0.3, -0.25) is 4.79 Å². The lowest BCUT2D eigenvalue weighted by molar-refractivity contribution is -0.121. The van der Waals surface area contributed by atoms with Crippen molar-refractivity contribution in [1.82, 2.24) is 5.32 Å². The molecule has 3 N–H and O–H groups in total. The van der Waals surface area contributed by atoms with Crippen molar-refractivity contribution in [3.05, 3.63) is 54.0 Å². The average Bonchev–Trinajstić information content (AvgIpc) is 2.89. The molecule has 0 saturated heterocycles. The van der Waals surface area contributed by atoms with E-state index in [0.29, 0.717) is 13.0 Å². The van der Waals surface area contributed by atoms with Crippen LogP contribution < -0.4 is 11.1 Å². The van der Waals surface area contributed by atoms with E-state index < -0.39 is 0 Å². The zero-order valence-corrected chi connectivity index (χ0v) is 10.8. The number of anilines is 1. The van der Waals surface area contributed by atoms with Crippen LogP contribution in [0.15, 0.2) is 47.1 Å². The van der Waals surface area contributed by atoms with Crippen molar-refractivity contribution < 1.29 is 9.21 Å². The quantitative estimate of drug-likeness (QED) is 0.782. The highest BCUT2D eigenvalue weighted by atomic mass is 16.3. The number of amides is 1. The second-order valence-corrected chi connectivity index (χ2v) is 4.45. The van der Waals surface area contributed by atoms with E-state index in [1.54, 1.807) is 12.3 Å². The molecule has 1 amide bonds. The molecule has 1 aromatic carbocycles. The summed E-state index contributed by atoms with van der Waals surface area (Å²) in [5, 5.41) is 2.83. The molecule has 19 heavy (non-hydrogen) atoms. The maximum absolute atomic E-state index is 11.6. The number of hydrogen-bond donors (Lipinski definition) is 2. The van der Waals surface area contributed by atoms with Crippen LogP contribution in [-0.2, 0) is 17.8 Å². The first-order valence-corrected chi connectivity index (χ1v) is 6.37. The molecule has 0 spiro atoms. The molecule has 1 aromatic heterocycles. The topological polar surface area (TPSA) is 68.3 Å². The molecule has 4 heteroatoms. The number of hydrogen-bond acceptors (Lipinski definition) is 3. The molecule has 2 aromatic rings. The van der Waals surface area contributed by atoms with Crippen molar-refractivity contribution in [2.75, 3.05) is 5.73 Å². The van der Waals surface area contributed by atoms with Crippen LogP contribution in [0.1, 0.15) is 24.2 Å². The Morgan fingerprint density at radius 2 is 2.16 bits per heavy atom. The summed E-state index contributed by atoms with van der Waals surface area (Å²) in [6, 6.07) is 11.4. The largest absolute Gasteiger partial charge is 0.467 e. The van der Waals surface area contributed by atoms with Crippen LogP contribution in [-0.4, -0.2) is 5.91 Å². The fourth-order valence-corrected chi connectivity index (χ4v) is 1.89. The summed E-state index contributed by atoms with van der Waals surface area (Å²) in [5.74, 6) is 0.810. The van der Waals surface area contributed by atoms with E-state index in [2.05, 4.69) is 5.32 Å². The van der Waals surface area contributed by atoms with E-state index in [-0.39, 0.29) is 5.91 Å². The normalized spacial score (nSPS) is 10.3. The highest BCUT2D eigenvalue weighted by Crippen LogP contribution is 2.09. The summed E-state index contributed by atoms with van der Waals surface area (Å²) in [7, 11) is 0. The maximum Gasteiger partial charge on any atom is 0.220 e. The van der Waals surface area contributed by atoms with E-state index in [1.165, 1.54) is 5.56 Å². The van der Waals surface area contributed by atoms with Crippen molar-refractivity contribution in [3.63, 3.8) is 0 Å². The number of nitrogens with two attached hydrogens (primary N) is 1. The summed E-state index contributed by atoms with van der Waals surface area (Å²) in [6.45, 7) is 0.449. The zero-order chi connectivity index (χ0) is 13.5. The SMILES string of the molecule is Nc1cccc(CCCC(=O)NCc2ccco2)c1. The van der Waals surface area contributed by atoms with Crippen LogP contribution in [0.5, 0.6) is 0 Å². The summed E-state index contributed by atoms with van der Waals surface area (Å²) in [5.41, 5.74) is 7.63. The minimum Gasteiger partial charge on any atom is -0.467 e. The number of carbonyl (C=O) groups is 1. The van der Waals surface area contributed by atoms with Gasteiger partial charge in [-0.25, -0.2) is 0 Å². The Hall–Kier alpha value is -2.23. The number of carbonyl (C=O) groups excluding carboxylic acids is 1. The lowest BCUT2D eigenvalue weighted by Gasteiger charge is -2.04. The number of benzene rings is 1. The van der Waals surface area contributed by atoms with Gasteiger partial charge < -0.3 is 15.5 Å². The van der Waals surface area contributed by atoms with Gasteiger partial charge in [-0.1, -0.05) is 12.1 Å². The number of aryl methyl sites for hydroxylation is 1. The highest BCUT2D eigenvalue weighted by Gasteiger charge is 2.03. The lowest BCUT2D eigenvalue weighted by Crippen LogP contribution is -2.22. The molecule has 100 valence electrons. The third kappa shape index (κ3) is 4.50. The maximum atomic E-state index is 11.6. The Morgan fingerprint density at radius 1 is 1.26 bits per heavy atom. The van der Waals surface area contributed by atoms with Crippen molar-refractivity contribution >= 4 is 11.6 Å². The Balaban J connectivity index is 1.66. The van der Waals surface area contributed by atoms with Gasteiger partial charge in [0.05, 0.1) is 12.8 Å². The van der Waals surface area contributed by atoms with Gasteiger partial charge in [0.1, 0.15) is 5.76 Å². The molecule has 0 radical (unpaired) electrons. The van der Waals surface area contributed by atoms with E-state index in [0.717, 1.165) is 24.3 Å². The third-order valence-corrected chi connectivity index (χ3v) is 2.86. The first-order chi connectivity index (χ1) is 9.24. The first-order valence-electron chi connectivity index (χ1n) is 6.37. The predicted octanol–water partition coefficient (Wildman–Crippen LogP) is 2.50. The number of furan rings is 1. The van der Waals surface area contributed by atoms with Crippen molar-refractivity contribution in [2.45, 2.75) is 25.8 Å². The molecule has 0 aliphatic carbocycles. The monoisotopic (exact) mass is 258 g/mol. The van der Waals surface area contributed by atoms with Gasteiger partial charge in [0.25, 0.3) is 0 Å². The van der Waals surface area contributed by atoms with Gasteiger partial charge >= 0.3 is 0 Å². The van der Waals surface area contributed by atoms with Crippen LogP contribution >= 0.6 is 0 Å². The number of nitrogen functional groups attached to an aromatic ring is 1. The molecule has 0 fully saturated rings. The fraction of sp³-hybridized carbons (Fsp3) is 0.267. The van der Waals surface area contributed by atoms with Gasteiger partial charge in [0, 0.05) is 12.1 Å². The van der Waals surface area contributed by atoms with Crippen molar-refractivity contribution in [2.24, 2.45) is 0 Å². The van der Waals surface area contributed by atoms with Gasteiger partial charge in [-0.15, -0.1) is 0 Å². The Kier molecular flexibility index (Phi) is 4.61. The highest BCUT2D eigenvalue weighted by molar-refractivity contribution is 5.75. The van der Waals surface area contributed by atoms with Crippen molar-refractivity contribution in [3.8, 4) is 0 Å². The summed E-state index contributed by atoms with van der Waals surface area (Å²) < 4.78 is 5.14. The van der Waals surface area contributed by atoms with Crippen LogP contribution in [0.25, 0.3) is 0 Å². The molecule has 0 bridgehead atoms. The Labute approximate surface area is 112 Å². The van der Waals surface area contributed by atoms with Gasteiger partial charge in [0.2, 0.25) is 5.91 Å². The minimum absolute atomic E-state index is 0.0419. The smallest absolute Gasteiger partial charge is 0.220 e. The Morgan fingerprint density at radius 3 is 2.89 bits per heavy atom. The van der Waals surface area contributed by atoms with Crippen LogP contribution in [0.2, 0.25) is 0 Å². The molecule has 0 aliphatic heterocycles. The molecule has 0 saturated carbocycles. The minimum atomic E-state index is 0.0419. The van der Waals surface area contributed by atoms with Crippen LogP contribution in [0, 0.1) is 0 Å². The van der Waals surface area contributed by atoms with Crippen LogP contribution in [0.4, 0.5) is 5.69 Å². The van der Waals surface area contributed by atoms with Gasteiger partial charge in [-0.05, 0) is 42.7 Å². The summed E-state index contributed by atoms with van der Waals surface area (Å²) >= 11 is 0. The molecule has 2 rings (SSSR count). The number of rotatable bonds is 6. The fourth-order valence-electron chi connectivity index (χ4n) is 1.89. The third-order valence-electron chi connectivity index (χ3n) is 2.86. The number of nitrogens with one attached hydrogen (secondary N) is 1. The van der Waals surface area contributed by atoms with Crippen LogP contribution in [0.3, 0.4) is 0 Å². The molecular formula is C15H18N2O2. The summed E-state index contributed by atoms with van der Waals surface area (Å²) in [6.07, 6.45) is 3.78. The average molecular weight is 258 g/mol. The van der Waals surface area contributed by atoms with Crippen molar-refractivity contribution in [1.29, 1.82) is 0 Å². The predicted molar refractivity (Wildman–Crippen MR) is 74.3 cm³/mol. The lowest BCUT2D eigenvalue weighted by atomic mass is 10.1. The van der Waals surface area contributed by atoms with E-state index in [9.17, 15) is 4.79 Å². The standard InChI is InChI=1S/C15H18N2O2/c16-13-6-1-4-12(10-13)5-2-8-15(18)17-11-14-7-3-9-19-14/h1,3-4,6-7,9-10H,2,5,8,11,16H2,(H,17,18). The Bertz CT molecular complexity index is 521. The van der Waals surface area contributed by atoms with Gasteiger partial charge in [-0.2, -0.15) is 0 Å². The van der Waals surface area contributed by atoms with Gasteiger partial charge in [0.15, 0.2) is 0 Å². The van der Waals surface area contributed by atoms with E-state index >= 15 is 0 Å². The molecule has 0 unspecified atom stereocenters.